The highest BCUT2D eigenvalue weighted by Crippen LogP contribution is 2.57. The van der Waals surface area contributed by atoms with E-state index in [9.17, 15) is 14.9 Å². The zero-order valence-corrected chi connectivity index (χ0v) is 18.2. The molecule has 2 N–H and O–H groups in total. The van der Waals surface area contributed by atoms with E-state index < -0.39 is 4.92 Å². The minimum absolute atomic E-state index is 0.0738. The van der Waals surface area contributed by atoms with Crippen molar-refractivity contribution in [2.75, 3.05) is 10.7 Å². The predicted molar refractivity (Wildman–Crippen MR) is 118 cm³/mol. The maximum absolute atomic E-state index is 12.6. The van der Waals surface area contributed by atoms with Crippen LogP contribution in [-0.2, 0) is 0 Å². The molecule has 3 atom stereocenters. The van der Waals surface area contributed by atoms with Gasteiger partial charge in [0.1, 0.15) is 4.88 Å². The molecule has 30 heavy (non-hydrogen) atoms. The fourth-order valence-corrected chi connectivity index (χ4v) is 5.47. The highest BCUT2D eigenvalue weighted by Gasteiger charge is 2.53. The average molecular weight is 428 g/mol. The lowest BCUT2D eigenvalue weighted by molar-refractivity contribution is -0.384. The van der Waals surface area contributed by atoms with Gasteiger partial charge in [-0.15, -0.1) is 0 Å². The summed E-state index contributed by atoms with van der Waals surface area (Å²) in [6.45, 7) is 8.77. The van der Waals surface area contributed by atoms with E-state index in [0.29, 0.717) is 44.6 Å². The van der Waals surface area contributed by atoms with Gasteiger partial charge in [-0.25, -0.2) is 4.98 Å². The zero-order chi connectivity index (χ0) is 21.6. The van der Waals surface area contributed by atoms with E-state index in [0.717, 1.165) is 6.42 Å². The highest BCUT2D eigenvalue weighted by molar-refractivity contribution is 7.17. The van der Waals surface area contributed by atoms with Crippen LogP contribution in [0.15, 0.2) is 29.4 Å². The van der Waals surface area contributed by atoms with Gasteiger partial charge in [-0.05, 0) is 43.1 Å². The molecular weight excluding hydrogens is 402 g/mol. The van der Waals surface area contributed by atoms with E-state index in [1.54, 1.807) is 13.0 Å². The van der Waals surface area contributed by atoms with E-state index in [1.165, 1.54) is 41.7 Å². The average Bonchev–Trinajstić information content (AvgIpc) is 3.34. The number of fused-ring (bicyclic) bond motifs is 2. The first-order chi connectivity index (χ1) is 14.2. The molecular formula is C21H25N5O3S. The van der Waals surface area contributed by atoms with Gasteiger partial charge in [0.2, 0.25) is 5.13 Å². The third kappa shape index (κ3) is 3.58. The Labute approximate surface area is 178 Å². The van der Waals surface area contributed by atoms with Crippen LogP contribution in [0.4, 0.5) is 16.5 Å². The first kappa shape index (κ1) is 20.5. The Morgan fingerprint density at radius 2 is 2.17 bits per heavy atom. The Balaban J connectivity index is 1.44. The Bertz CT molecular complexity index is 1040. The van der Waals surface area contributed by atoms with Crippen LogP contribution < -0.4 is 10.7 Å². The van der Waals surface area contributed by atoms with Crippen molar-refractivity contribution in [3.05, 3.63) is 45.0 Å². The van der Waals surface area contributed by atoms with Crippen LogP contribution in [0.1, 0.15) is 49.0 Å². The van der Waals surface area contributed by atoms with Gasteiger partial charge >= 0.3 is 0 Å². The number of nitro groups is 1. The van der Waals surface area contributed by atoms with Crippen LogP contribution >= 0.6 is 11.3 Å². The summed E-state index contributed by atoms with van der Waals surface area (Å²) < 4.78 is 0. The second kappa shape index (κ2) is 7.46. The molecule has 2 saturated carbocycles. The van der Waals surface area contributed by atoms with Crippen molar-refractivity contribution in [3.63, 3.8) is 0 Å². The topological polar surface area (TPSA) is 110 Å². The summed E-state index contributed by atoms with van der Waals surface area (Å²) in [5.74, 6) is 1.44. The number of hydrazone groups is 1. The SMILES string of the molecule is Cc1nc(N/N=C2\C[C@@H]3C[C@@H]2[C@@H](C)C3(C)C)sc1C(=O)Nc1cccc([N+](=O)[O-])c1. The maximum atomic E-state index is 12.6. The van der Waals surface area contributed by atoms with Gasteiger partial charge in [-0.3, -0.25) is 20.3 Å². The predicted octanol–water partition coefficient (Wildman–Crippen LogP) is 5.08. The van der Waals surface area contributed by atoms with E-state index in [2.05, 4.69) is 41.6 Å². The number of carbonyl (C=O) groups is 1. The van der Waals surface area contributed by atoms with Crippen molar-refractivity contribution in [2.24, 2.45) is 28.3 Å². The number of rotatable bonds is 5. The molecule has 9 heteroatoms. The number of amides is 1. The third-order valence-electron chi connectivity index (χ3n) is 6.86. The first-order valence-electron chi connectivity index (χ1n) is 10.0. The second-order valence-electron chi connectivity index (χ2n) is 8.76. The van der Waals surface area contributed by atoms with Gasteiger partial charge in [-0.1, -0.05) is 38.2 Å². The smallest absolute Gasteiger partial charge is 0.271 e. The number of nitrogens with zero attached hydrogens (tertiary/aromatic N) is 3. The van der Waals surface area contributed by atoms with Crippen molar-refractivity contribution in [1.82, 2.24) is 4.98 Å². The van der Waals surface area contributed by atoms with E-state index in [1.807, 2.05) is 0 Å². The summed E-state index contributed by atoms with van der Waals surface area (Å²) >= 11 is 1.23. The Hall–Kier alpha value is -2.81. The van der Waals surface area contributed by atoms with Crippen LogP contribution in [0.5, 0.6) is 0 Å². The molecule has 0 spiro atoms. The molecule has 4 rings (SSSR count). The number of aryl methyl sites for hydroxylation is 1. The summed E-state index contributed by atoms with van der Waals surface area (Å²) in [4.78, 5) is 27.9. The fourth-order valence-electron chi connectivity index (χ4n) is 4.67. The molecule has 0 saturated heterocycles. The molecule has 1 heterocycles. The molecule has 0 unspecified atom stereocenters. The number of nitrogens with one attached hydrogen (secondary N) is 2. The van der Waals surface area contributed by atoms with Crippen molar-refractivity contribution < 1.29 is 9.72 Å². The molecule has 0 radical (unpaired) electrons. The number of nitro benzene ring substituents is 1. The van der Waals surface area contributed by atoms with Crippen molar-refractivity contribution in [1.29, 1.82) is 0 Å². The van der Waals surface area contributed by atoms with Gasteiger partial charge in [0.25, 0.3) is 11.6 Å². The lowest BCUT2D eigenvalue weighted by atomic mass is 9.69. The standard InChI is InChI=1S/C21H25N5O3S/c1-11-16-8-13(21(11,3)4)9-17(16)24-25-20-22-12(2)18(30-20)19(27)23-14-6-5-7-15(10-14)26(28)29/h5-7,10-11,13,16H,8-9H2,1-4H3,(H,22,25)(H,23,27)/b24-17+/t11-,13+,16-/m1/s1. The Morgan fingerprint density at radius 1 is 1.40 bits per heavy atom. The van der Waals surface area contributed by atoms with E-state index in [4.69, 9.17) is 0 Å². The minimum Gasteiger partial charge on any atom is -0.321 e. The molecule has 2 fully saturated rings. The molecule has 2 aliphatic carbocycles. The Morgan fingerprint density at radius 3 is 2.83 bits per heavy atom. The molecule has 2 aromatic rings. The lowest BCUT2D eigenvalue weighted by Crippen LogP contribution is -2.33. The van der Waals surface area contributed by atoms with Gasteiger partial charge in [0, 0.05) is 29.4 Å². The van der Waals surface area contributed by atoms with Crippen LogP contribution in [0.25, 0.3) is 0 Å². The van der Waals surface area contributed by atoms with Crippen LogP contribution in [0.2, 0.25) is 0 Å². The van der Waals surface area contributed by atoms with Gasteiger partial charge in [0.05, 0.1) is 10.6 Å². The monoisotopic (exact) mass is 427 g/mol. The molecule has 8 nitrogen and oxygen atoms in total. The summed E-state index contributed by atoms with van der Waals surface area (Å²) in [6, 6.07) is 5.86. The molecule has 2 bridgehead atoms. The molecule has 1 amide bonds. The second-order valence-corrected chi connectivity index (χ2v) is 9.76. The largest absolute Gasteiger partial charge is 0.321 e. The number of anilines is 2. The first-order valence-corrected chi connectivity index (χ1v) is 10.8. The molecule has 1 aromatic carbocycles. The number of hydrogen-bond acceptors (Lipinski definition) is 7. The molecule has 0 aliphatic heterocycles. The minimum atomic E-state index is -0.494. The number of non-ortho nitro benzene ring substituents is 1. The molecule has 1 aromatic heterocycles. The molecule has 158 valence electrons. The van der Waals surface area contributed by atoms with Crippen molar-refractivity contribution in [2.45, 2.75) is 40.5 Å². The quantitative estimate of drug-likeness (QED) is 0.511. The number of hydrogen-bond donors (Lipinski definition) is 2. The number of benzene rings is 1. The van der Waals surface area contributed by atoms with Crippen LogP contribution in [-0.4, -0.2) is 21.5 Å². The number of carbonyl (C=O) groups excluding carboxylic acids is 1. The molecule has 2 aliphatic rings. The van der Waals surface area contributed by atoms with E-state index in [-0.39, 0.29) is 11.6 Å². The van der Waals surface area contributed by atoms with Gasteiger partial charge in [0.15, 0.2) is 0 Å². The maximum Gasteiger partial charge on any atom is 0.271 e. The third-order valence-corrected chi connectivity index (χ3v) is 7.92. The number of thiazole rings is 1. The normalized spacial score (nSPS) is 25.5. The summed E-state index contributed by atoms with van der Waals surface area (Å²) in [7, 11) is 0. The van der Waals surface area contributed by atoms with Crippen molar-refractivity contribution >= 4 is 39.5 Å². The number of aromatic nitrogens is 1. The highest BCUT2D eigenvalue weighted by atomic mass is 32.1. The summed E-state index contributed by atoms with van der Waals surface area (Å²) in [6.07, 6.45) is 2.21. The summed E-state index contributed by atoms with van der Waals surface area (Å²) in [5.41, 5.74) is 5.49. The Kier molecular flexibility index (Phi) is 5.09. The van der Waals surface area contributed by atoms with Crippen molar-refractivity contribution in [3.8, 4) is 0 Å². The van der Waals surface area contributed by atoms with Crippen LogP contribution in [0.3, 0.4) is 0 Å². The zero-order valence-electron chi connectivity index (χ0n) is 17.4. The lowest BCUT2D eigenvalue weighted by Gasteiger charge is -2.36. The fraction of sp³-hybridized carbons (Fsp3) is 0.476. The van der Waals surface area contributed by atoms with Gasteiger partial charge < -0.3 is 5.32 Å². The van der Waals surface area contributed by atoms with Crippen LogP contribution in [0, 0.1) is 40.2 Å². The van der Waals surface area contributed by atoms with Gasteiger partial charge in [-0.2, -0.15) is 5.10 Å². The summed E-state index contributed by atoms with van der Waals surface area (Å²) in [5, 5.41) is 18.8. The van der Waals surface area contributed by atoms with E-state index >= 15 is 0 Å².